The van der Waals surface area contributed by atoms with Crippen molar-refractivity contribution in [3.63, 3.8) is 0 Å². The van der Waals surface area contributed by atoms with Crippen LogP contribution in [0, 0.1) is 0 Å². The third-order valence-corrected chi connectivity index (χ3v) is 5.27. The first kappa shape index (κ1) is 15.2. The van der Waals surface area contributed by atoms with Gasteiger partial charge in [0.2, 0.25) is 10.0 Å². The fourth-order valence-electron chi connectivity index (χ4n) is 2.42. The molecule has 2 rings (SSSR count). The van der Waals surface area contributed by atoms with Gasteiger partial charge in [-0.05, 0) is 31.9 Å². The van der Waals surface area contributed by atoms with Crippen molar-refractivity contribution in [2.75, 3.05) is 32.1 Å². The van der Waals surface area contributed by atoms with Gasteiger partial charge in [-0.3, -0.25) is 0 Å². The molecule has 0 bridgehead atoms. The highest BCUT2D eigenvalue weighted by Crippen LogP contribution is 2.25. The van der Waals surface area contributed by atoms with Gasteiger partial charge in [-0.2, -0.15) is 4.31 Å². The van der Waals surface area contributed by atoms with Gasteiger partial charge in [-0.1, -0.05) is 0 Å². The summed E-state index contributed by atoms with van der Waals surface area (Å²) < 4.78 is 32.5. The van der Waals surface area contributed by atoms with Crippen molar-refractivity contribution in [2.24, 2.45) is 0 Å². The normalized spacial score (nSPS) is 20.8. The van der Waals surface area contributed by atoms with Crippen LogP contribution in [0.3, 0.4) is 0 Å². The van der Waals surface area contributed by atoms with Crippen molar-refractivity contribution >= 4 is 15.8 Å². The van der Waals surface area contributed by atoms with Gasteiger partial charge in [0.25, 0.3) is 0 Å². The second-order valence-corrected chi connectivity index (χ2v) is 6.59. The zero-order valence-electron chi connectivity index (χ0n) is 11.9. The highest BCUT2D eigenvalue weighted by Gasteiger charge is 2.32. The number of hydrogen-bond donors (Lipinski definition) is 1. The van der Waals surface area contributed by atoms with Crippen LogP contribution in [0.1, 0.15) is 19.8 Å². The molecule has 1 fully saturated rings. The lowest BCUT2D eigenvalue weighted by Crippen LogP contribution is -2.43. The van der Waals surface area contributed by atoms with Gasteiger partial charge in [0.15, 0.2) is 0 Å². The summed E-state index contributed by atoms with van der Waals surface area (Å²) in [4.78, 5) is 4.29. The summed E-state index contributed by atoms with van der Waals surface area (Å²) in [6.45, 7) is 3.47. The summed E-state index contributed by atoms with van der Waals surface area (Å²) in [5.74, 6) is 0.381. The molecule has 1 saturated heterocycles. The number of nitrogens with zero attached hydrogens (tertiary/aromatic N) is 2. The molecule has 0 aliphatic carbocycles. The number of ether oxygens (including phenoxy) is 1. The maximum atomic E-state index is 12.7. The molecule has 1 aromatic rings. The standard InChI is InChI=1S/C13H21N3O3S/c1-3-19-11-6-5-9-16(10-11)20(17,18)12-7-4-8-15-13(12)14-2/h4,7-8,11H,3,5-6,9-10H2,1-2H3,(H,14,15). The van der Waals surface area contributed by atoms with E-state index in [1.54, 1.807) is 25.4 Å². The average molecular weight is 299 g/mol. The molecule has 1 aromatic heterocycles. The number of anilines is 1. The molecule has 0 saturated carbocycles. The van der Waals surface area contributed by atoms with Crippen molar-refractivity contribution in [3.05, 3.63) is 18.3 Å². The number of nitrogens with one attached hydrogen (secondary N) is 1. The van der Waals surface area contributed by atoms with Crippen molar-refractivity contribution in [3.8, 4) is 0 Å². The number of sulfonamides is 1. The van der Waals surface area contributed by atoms with Gasteiger partial charge in [-0.25, -0.2) is 13.4 Å². The molecule has 1 unspecified atom stereocenters. The Morgan fingerprint density at radius 2 is 2.35 bits per heavy atom. The summed E-state index contributed by atoms with van der Waals surface area (Å²) in [6, 6.07) is 3.22. The molecule has 2 heterocycles. The molecule has 112 valence electrons. The largest absolute Gasteiger partial charge is 0.377 e. The van der Waals surface area contributed by atoms with Crippen LogP contribution in [0.2, 0.25) is 0 Å². The molecular formula is C13H21N3O3S. The Morgan fingerprint density at radius 1 is 1.55 bits per heavy atom. The Kier molecular flexibility index (Phi) is 4.95. The molecule has 1 N–H and O–H groups in total. The van der Waals surface area contributed by atoms with E-state index in [-0.39, 0.29) is 11.0 Å². The van der Waals surface area contributed by atoms with Gasteiger partial charge in [0.05, 0.1) is 6.10 Å². The minimum Gasteiger partial charge on any atom is -0.377 e. The van der Waals surface area contributed by atoms with Crippen molar-refractivity contribution in [1.29, 1.82) is 0 Å². The van der Waals surface area contributed by atoms with Crippen LogP contribution < -0.4 is 5.32 Å². The molecule has 1 aliphatic heterocycles. The van der Waals surface area contributed by atoms with Crippen molar-refractivity contribution < 1.29 is 13.2 Å². The zero-order chi connectivity index (χ0) is 14.6. The Morgan fingerprint density at radius 3 is 3.05 bits per heavy atom. The number of rotatable bonds is 5. The number of pyridine rings is 1. The van der Waals surface area contributed by atoms with E-state index in [1.807, 2.05) is 6.92 Å². The smallest absolute Gasteiger partial charge is 0.246 e. The molecule has 0 aromatic carbocycles. The maximum Gasteiger partial charge on any atom is 0.246 e. The Balaban J connectivity index is 2.25. The van der Waals surface area contributed by atoms with Crippen molar-refractivity contribution in [2.45, 2.75) is 30.8 Å². The minimum atomic E-state index is -3.53. The number of hydrogen-bond acceptors (Lipinski definition) is 5. The van der Waals surface area contributed by atoms with E-state index in [0.29, 0.717) is 25.5 Å². The van der Waals surface area contributed by atoms with E-state index in [0.717, 1.165) is 12.8 Å². The lowest BCUT2D eigenvalue weighted by atomic mass is 10.1. The maximum absolute atomic E-state index is 12.7. The second kappa shape index (κ2) is 6.51. The molecule has 1 atom stereocenters. The van der Waals surface area contributed by atoms with Crippen LogP contribution >= 0.6 is 0 Å². The molecule has 20 heavy (non-hydrogen) atoms. The van der Waals surface area contributed by atoms with Crippen LogP contribution in [0.25, 0.3) is 0 Å². The number of piperidine rings is 1. The highest BCUT2D eigenvalue weighted by molar-refractivity contribution is 7.89. The first-order valence-electron chi connectivity index (χ1n) is 6.84. The fourth-order valence-corrected chi connectivity index (χ4v) is 4.08. The molecule has 1 aliphatic rings. The molecule has 6 nitrogen and oxygen atoms in total. The molecule has 0 amide bonds. The van der Waals surface area contributed by atoms with Crippen molar-refractivity contribution in [1.82, 2.24) is 9.29 Å². The average Bonchev–Trinajstić information content (AvgIpc) is 2.48. The van der Waals surface area contributed by atoms with E-state index in [1.165, 1.54) is 4.31 Å². The van der Waals surface area contributed by atoms with E-state index in [4.69, 9.17) is 4.74 Å². The van der Waals surface area contributed by atoms with Gasteiger partial charge in [0.1, 0.15) is 10.7 Å². The molecule has 7 heteroatoms. The van der Waals surface area contributed by atoms with Gasteiger partial charge < -0.3 is 10.1 Å². The Hall–Kier alpha value is -1.18. The van der Waals surface area contributed by atoms with Crippen LogP contribution in [0.5, 0.6) is 0 Å². The van der Waals surface area contributed by atoms with E-state index in [9.17, 15) is 8.42 Å². The molecular weight excluding hydrogens is 278 g/mol. The topological polar surface area (TPSA) is 71.5 Å². The first-order valence-corrected chi connectivity index (χ1v) is 8.28. The third-order valence-electron chi connectivity index (χ3n) is 3.37. The van der Waals surface area contributed by atoms with Gasteiger partial charge >= 0.3 is 0 Å². The minimum absolute atomic E-state index is 0.0155. The van der Waals surface area contributed by atoms with Crippen LogP contribution in [-0.4, -0.2) is 50.6 Å². The first-order chi connectivity index (χ1) is 9.59. The molecule has 0 radical (unpaired) electrons. The van der Waals surface area contributed by atoms with Crippen LogP contribution in [-0.2, 0) is 14.8 Å². The van der Waals surface area contributed by atoms with E-state index >= 15 is 0 Å². The summed E-state index contributed by atoms with van der Waals surface area (Å²) in [7, 11) is -1.86. The SMILES string of the molecule is CCOC1CCCN(S(=O)(=O)c2cccnc2NC)C1. The van der Waals surface area contributed by atoms with Gasteiger partial charge in [0, 0.05) is 32.9 Å². The van der Waals surface area contributed by atoms with E-state index < -0.39 is 10.0 Å². The summed E-state index contributed by atoms with van der Waals surface area (Å²) >= 11 is 0. The summed E-state index contributed by atoms with van der Waals surface area (Å²) in [5, 5.41) is 2.83. The summed E-state index contributed by atoms with van der Waals surface area (Å²) in [6.07, 6.45) is 3.28. The van der Waals surface area contributed by atoms with Crippen LogP contribution in [0.15, 0.2) is 23.2 Å². The lowest BCUT2D eigenvalue weighted by molar-refractivity contribution is 0.0265. The quantitative estimate of drug-likeness (QED) is 0.887. The van der Waals surface area contributed by atoms with Crippen LogP contribution in [0.4, 0.5) is 5.82 Å². The lowest BCUT2D eigenvalue weighted by Gasteiger charge is -2.31. The zero-order valence-corrected chi connectivity index (χ0v) is 12.7. The third kappa shape index (κ3) is 3.11. The van der Waals surface area contributed by atoms with E-state index in [2.05, 4.69) is 10.3 Å². The Labute approximate surface area is 120 Å². The predicted octanol–water partition coefficient (Wildman–Crippen LogP) is 1.31. The molecule has 0 spiro atoms. The highest BCUT2D eigenvalue weighted by atomic mass is 32.2. The van der Waals surface area contributed by atoms with Gasteiger partial charge in [-0.15, -0.1) is 0 Å². The second-order valence-electron chi connectivity index (χ2n) is 4.68. The fraction of sp³-hybridized carbons (Fsp3) is 0.615. The number of aromatic nitrogens is 1. The summed E-state index contributed by atoms with van der Waals surface area (Å²) in [5.41, 5.74) is 0. The predicted molar refractivity (Wildman–Crippen MR) is 77.2 cm³/mol. The monoisotopic (exact) mass is 299 g/mol. The Bertz CT molecular complexity index is 546.